The Hall–Kier alpha value is -2.20. The van der Waals surface area contributed by atoms with Gasteiger partial charge in [-0.1, -0.05) is 41.7 Å². The van der Waals surface area contributed by atoms with Crippen LogP contribution in [-0.2, 0) is 16.9 Å². The standard InChI is InChI=1S/C20H26FN5O2S2/c1-20(2,3)28-18(27)22-11-6-4-5-10-16-23-24-17-26(16)25-19(30-17)29-13-14-8-7-9-15(21)12-14/h7-9,12H,4-6,10-11,13H2,1-3H3,(H,22,27). The fourth-order valence-corrected chi connectivity index (χ4v) is 4.55. The van der Waals surface area contributed by atoms with Crippen molar-refractivity contribution in [3.63, 3.8) is 0 Å². The molecular formula is C20H26FN5O2S2. The van der Waals surface area contributed by atoms with Crippen molar-refractivity contribution in [1.82, 2.24) is 25.1 Å². The normalized spacial score (nSPS) is 11.7. The molecule has 0 bridgehead atoms. The molecule has 162 valence electrons. The average molecular weight is 452 g/mol. The third-order valence-electron chi connectivity index (χ3n) is 4.03. The second kappa shape index (κ2) is 10.2. The third kappa shape index (κ3) is 6.94. The van der Waals surface area contributed by atoms with E-state index in [4.69, 9.17) is 4.74 Å². The number of halogens is 1. The fourth-order valence-electron chi connectivity index (χ4n) is 2.72. The number of carbonyl (C=O) groups is 1. The summed E-state index contributed by atoms with van der Waals surface area (Å²) in [6.45, 7) is 6.11. The number of hydrogen-bond donors (Lipinski definition) is 1. The molecule has 0 unspecified atom stereocenters. The monoisotopic (exact) mass is 451 g/mol. The van der Waals surface area contributed by atoms with Crippen LogP contribution in [0.5, 0.6) is 0 Å². The molecule has 0 saturated heterocycles. The van der Waals surface area contributed by atoms with E-state index >= 15 is 0 Å². The number of rotatable bonds is 9. The molecule has 0 aliphatic rings. The first kappa shape index (κ1) is 22.5. The third-order valence-corrected chi connectivity index (χ3v) is 6.14. The van der Waals surface area contributed by atoms with Crippen molar-refractivity contribution in [3.8, 4) is 0 Å². The van der Waals surface area contributed by atoms with Crippen molar-refractivity contribution in [2.24, 2.45) is 0 Å². The highest BCUT2D eigenvalue weighted by Crippen LogP contribution is 2.28. The smallest absolute Gasteiger partial charge is 0.407 e. The van der Waals surface area contributed by atoms with Gasteiger partial charge in [0.2, 0.25) is 4.96 Å². The number of aryl methyl sites for hydroxylation is 1. The van der Waals surface area contributed by atoms with Gasteiger partial charge in [0.1, 0.15) is 11.4 Å². The Balaban J connectivity index is 1.41. The summed E-state index contributed by atoms with van der Waals surface area (Å²) in [5, 5.41) is 15.8. The lowest BCUT2D eigenvalue weighted by atomic mass is 10.2. The van der Waals surface area contributed by atoms with E-state index in [-0.39, 0.29) is 11.9 Å². The second-order valence-corrected chi connectivity index (χ2v) is 10.0. The van der Waals surface area contributed by atoms with Gasteiger partial charge in [0.25, 0.3) is 0 Å². The molecule has 1 N–H and O–H groups in total. The van der Waals surface area contributed by atoms with Gasteiger partial charge in [0.15, 0.2) is 10.2 Å². The van der Waals surface area contributed by atoms with E-state index in [0.717, 1.165) is 46.4 Å². The number of hydrogen-bond acceptors (Lipinski definition) is 7. The molecule has 0 radical (unpaired) electrons. The Kier molecular flexibility index (Phi) is 7.65. The second-order valence-electron chi connectivity index (χ2n) is 7.84. The molecule has 3 rings (SSSR count). The summed E-state index contributed by atoms with van der Waals surface area (Å²) in [5.41, 5.74) is 0.441. The minimum absolute atomic E-state index is 0.227. The van der Waals surface area contributed by atoms with Crippen molar-refractivity contribution in [2.45, 2.75) is 62.1 Å². The minimum Gasteiger partial charge on any atom is -0.444 e. The molecule has 1 amide bonds. The maximum Gasteiger partial charge on any atom is 0.407 e. The van der Waals surface area contributed by atoms with E-state index in [1.807, 2.05) is 26.8 Å². The Labute approximate surface area is 183 Å². The average Bonchev–Trinajstić information content (AvgIpc) is 3.22. The molecule has 1 aromatic carbocycles. The lowest BCUT2D eigenvalue weighted by Crippen LogP contribution is -2.32. The summed E-state index contributed by atoms with van der Waals surface area (Å²) in [6.07, 6.45) is 3.14. The number of alkyl carbamates (subject to hydrolysis) is 1. The van der Waals surface area contributed by atoms with Crippen LogP contribution in [0.3, 0.4) is 0 Å². The van der Waals surface area contributed by atoms with Gasteiger partial charge in [0.05, 0.1) is 0 Å². The van der Waals surface area contributed by atoms with Crippen LogP contribution in [0.4, 0.5) is 9.18 Å². The molecule has 2 aromatic heterocycles. The summed E-state index contributed by atoms with van der Waals surface area (Å²) < 4.78 is 21.2. The zero-order valence-corrected chi connectivity index (χ0v) is 19.0. The lowest BCUT2D eigenvalue weighted by molar-refractivity contribution is 0.0527. The van der Waals surface area contributed by atoms with Crippen LogP contribution in [0, 0.1) is 5.82 Å². The van der Waals surface area contributed by atoms with E-state index in [0.29, 0.717) is 12.3 Å². The zero-order chi connectivity index (χ0) is 21.6. The predicted molar refractivity (Wildman–Crippen MR) is 116 cm³/mol. The molecule has 0 aliphatic heterocycles. The highest BCUT2D eigenvalue weighted by atomic mass is 32.2. The molecule has 0 aliphatic carbocycles. The number of benzene rings is 1. The van der Waals surface area contributed by atoms with Gasteiger partial charge in [-0.2, -0.15) is 4.52 Å². The van der Waals surface area contributed by atoms with Crippen molar-refractivity contribution in [3.05, 3.63) is 41.5 Å². The molecule has 10 heteroatoms. The van der Waals surface area contributed by atoms with Crippen LogP contribution in [0.2, 0.25) is 0 Å². The molecule has 2 heterocycles. The number of carbonyl (C=O) groups excluding carboxylic acids is 1. The number of ether oxygens (including phenoxy) is 1. The Morgan fingerprint density at radius 2 is 2.10 bits per heavy atom. The molecule has 0 saturated carbocycles. The van der Waals surface area contributed by atoms with Gasteiger partial charge in [-0.15, -0.1) is 15.3 Å². The topological polar surface area (TPSA) is 81.4 Å². The number of aromatic nitrogens is 4. The highest BCUT2D eigenvalue weighted by molar-refractivity contribution is 8.00. The van der Waals surface area contributed by atoms with Gasteiger partial charge in [-0.05, 0) is 51.3 Å². The van der Waals surface area contributed by atoms with Gasteiger partial charge in [-0.3, -0.25) is 0 Å². The van der Waals surface area contributed by atoms with E-state index in [2.05, 4.69) is 20.6 Å². The van der Waals surface area contributed by atoms with Crippen LogP contribution in [0.1, 0.15) is 51.4 Å². The van der Waals surface area contributed by atoms with Crippen LogP contribution in [0.15, 0.2) is 28.6 Å². The predicted octanol–water partition coefficient (Wildman–Crippen LogP) is 4.85. The van der Waals surface area contributed by atoms with E-state index in [1.165, 1.54) is 23.5 Å². The summed E-state index contributed by atoms with van der Waals surface area (Å²) in [4.78, 5) is 12.4. The van der Waals surface area contributed by atoms with Crippen molar-refractivity contribution < 1.29 is 13.9 Å². The largest absolute Gasteiger partial charge is 0.444 e. The minimum atomic E-state index is -0.481. The summed E-state index contributed by atoms with van der Waals surface area (Å²) in [5.74, 6) is 1.26. The molecular weight excluding hydrogens is 425 g/mol. The number of nitrogens with one attached hydrogen (secondary N) is 1. The number of nitrogens with zero attached hydrogens (tertiary/aromatic N) is 4. The lowest BCUT2D eigenvalue weighted by Gasteiger charge is -2.19. The van der Waals surface area contributed by atoms with E-state index < -0.39 is 5.60 Å². The van der Waals surface area contributed by atoms with Crippen LogP contribution >= 0.6 is 23.1 Å². The number of unbranched alkanes of at least 4 members (excludes halogenated alkanes) is 2. The fraction of sp³-hybridized carbons (Fsp3) is 0.500. The molecule has 30 heavy (non-hydrogen) atoms. The highest BCUT2D eigenvalue weighted by Gasteiger charge is 2.15. The maximum atomic E-state index is 13.3. The summed E-state index contributed by atoms with van der Waals surface area (Å²) in [6, 6.07) is 6.60. The van der Waals surface area contributed by atoms with Gasteiger partial charge >= 0.3 is 6.09 Å². The SMILES string of the molecule is CC(C)(C)OC(=O)NCCCCCc1nnc2sc(SCc3cccc(F)c3)nn12. The molecule has 0 spiro atoms. The first-order valence-electron chi connectivity index (χ1n) is 9.85. The number of thioether (sulfide) groups is 1. The number of amides is 1. The zero-order valence-electron chi connectivity index (χ0n) is 17.4. The first-order chi connectivity index (χ1) is 14.3. The van der Waals surface area contributed by atoms with Crippen molar-refractivity contribution >= 4 is 34.2 Å². The maximum absolute atomic E-state index is 13.3. The first-order valence-corrected chi connectivity index (χ1v) is 11.7. The van der Waals surface area contributed by atoms with Gasteiger partial charge in [0, 0.05) is 18.7 Å². The van der Waals surface area contributed by atoms with Gasteiger partial charge < -0.3 is 10.1 Å². The van der Waals surface area contributed by atoms with Crippen molar-refractivity contribution in [1.29, 1.82) is 0 Å². The molecule has 7 nitrogen and oxygen atoms in total. The van der Waals surface area contributed by atoms with E-state index in [1.54, 1.807) is 22.3 Å². The van der Waals surface area contributed by atoms with Crippen LogP contribution in [0.25, 0.3) is 4.96 Å². The summed E-state index contributed by atoms with van der Waals surface area (Å²) >= 11 is 3.05. The van der Waals surface area contributed by atoms with Crippen molar-refractivity contribution in [2.75, 3.05) is 6.54 Å². The molecule has 3 aromatic rings. The van der Waals surface area contributed by atoms with Gasteiger partial charge in [-0.25, -0.2) is 9.18 Å². The van der Waals surface area contributed by atoms with Crippen LogP contribution in [-0.4, -0.2) is 38.1 Å². The Morgan fingerprint density at radius 3 is 2.87 bits per heavy atom. The molecule has 0 fully saturated rings. The summed E-state index contributed by atoms with van der Waals surface area (Å²) in [7, 11) is 0. The Morgan fingerprint density at radius 1 is 1.27 bits per heavy atom. The quantitative estimate of drug-likeness (QED) is 0.370. The van der Waals surface area contributed by atoms with Crippen LogP contribution < -0.4 is 5.32 Å². The van der Waals surface area contributed by atoms with E-state index in [9.17, 15) is 9.18 Å². The number of fused-ring (bicyclic) bond motifs is 1. The Bertz CT molecular complexity index is 983. The molecule has 0 atom stereocenters.